The number of oxazole rings is 1. The number of aromatic nitrogens is 1. The van der Waals surface area contributed by atoms with Crippen LogP contribution in [0.3, 0.4) is 0 Å². The van der Waals surface area contributed by atoms with E-state index in [1.165, 1.54) is 22.3 Å². The zero-order valence-corrected chi connectivity index (χ0v) is 18.1. The lowest BCUT2D eigenvalue weighted by atomic mass is 9.98. The number of nitrogens with one attached hydrogen (secondary N) is 2. The smallest absolute Gasteiger partial charge is 0.407 e. The standard InChI is InChI=1S/C25H29N3O3/c1-17(9-7-8-14-26-24-27-15-18(2)31-24)28-25(29)30-16-23-21-12-5-3-10-19(21)20-11-4-6-13-22(20)23/h3-6,10-13,15,17,23H,7-9,14,16H2,1-2H3,(H,26,27)(H,28,29)/t17-/m0/s1. The van der Waals surface area contributed by atoms with Gasteiger partial charge in [0.15, 0.2) is 0 Å². The predicted molar refractivity (Wildman–Crippen MR) is 121 cm³/mol. The molecule has 6 heteroatoms. The number of unbranched alkanes of at least 4 members (excludes halogenated alkanes) is 1. The first kappa shape index (κ1) is 21.0. The van der Waals surface area contributed by atoms with Crippen LogP contribution in [0.5, 0.6) is 0 Å². The Morgan fingerprint density at radius 3 is 2.42 bits per heavy atom. The molecule has 1 aliphatic carbocycles. The minimum Gasteiger partial charge on any atom is -0.449 e. The molecule has 0 aliphatic heterocycles. The number of alkyl carbamates (subject to hydrolysis) is 1. The quantitative estimate of drug-likeness (QED) is 0.448. The lowest BCUT2D eigenvalue weighted by Crippen LogP contribution is -2.33. The zero-order chi connectivity index (χ0) is 21.6. The number of amides is 1. The van der Waals surface area contributed by atoms with E-state index in [1.807, 2.05) is 26.0 Å². The van der Waals surface area contributed by atoms with Crippen LogP contribution >= 0.6 is 0 Å². The van der Waals surface area contributed by atoms with Gasteiger partial charge in [-0.05, 0) is 55.4 Å². The molecule has 2 aromatic carbocycles. The lowest BCUT2D eigenvalue weighted by molar-refractivity contribution is 0.139. The van der Waals surface area contributed by atoms with Gasteiger partial charge in [0.2, 0.25) is 0 Å². The Hall–Kier alpha value is -3.28. The summed E-state index contributed by atoms with van der Waals surface area (Å²) in [6.07, 6.45) is 4.18. The van der Waals surface area contributed by atoms with Gasteiger partial charge in [-0.1, -0.05) is 48.5 Å². The molecule has 1 atom stereocenters. The number of aryl methyl sites for hydroxylation is 1. The normalized spacial score (nSPS) is 13.4. The fourth-order valence-electron chi connectivity index (χ4n) is 4.12. The number of carbonyl (C=O) groups excluding carboxylic acids is 1. The molecular formula is C25H29N3O3. The van der Waals surface area contributed by atoms with Crippen LogP contribution in [0.25, 0.3) is 11.1 Å². The van der Waals surface area contributed by atoms with Gasteiger partial charge in [0.25, 0.3) is 6.01 Å². The molecule has 0 radical (unpaired) electrons. The van der Waals surface area contributed by atoms with E-state index in [1.54, 1.807) is 6.20 Å². The minimum atomic E-state index is -0.359. The average molecular weight is 420 g/mol. The molecule has 31 heavy (non-hydrogen) atoms. The van der Waals surface area contributed by atoms with Gasteiger partial charge < -0.3 is 19.8 Å². The molecular weight excluding hydrogens is 390 g/mol. The number of hydrogen-bond donors (Lipinski definition) is 2. The molecule has 4 rings (SSSR count). The molecule has 0 saturated carbocycles. The van der Waals surface area contributed by atoms with Crippen LogP contribution in [0.4, 0.5) is 10.8 Å². The van der Waals surface area contributed by atoms with Crippen molar-refractivity contribution in [3.8, 4) is 11.1 Å². The summed E-state index contributed by atoms with van der Waals surface area (Å²) in [6, 6.07) is 17.3. The Kier molecular flexibility index (Phi) is 6.55. The van der Waals surface area contributed by atoms with Gasteiger partial charge in [-0.2, -0.15) is 0 Å². The number of ether oxygens (including phenoxy) is 1. The Bertz CT molecular complexity index is 985. The lowest BCUT2D eigenvalue weighted by Gasteiger charge is -2.17. The second kappa shape index (κ2) is 9.69. The molecule has 0 saturated heterocycles. The number of hydrogen-bond acceptors (Lipinski definition) is 5. The van der Waals surface area contributed by atoms with Crippen molar-refractivity contribution in [1.82, 2.24) is 10.3 Å². The highest BCUT2D eigenvalue weighted by molar-refractivity contribution is 5.79. The largest absolute Gasteiger partial charge is 0.449 e. The van der Waals surface area contributed by atoms with Crippen LogP contribution in [0.1, 0.15) is 49.0 Å². The van der Waals surface area contributed by atoms with E-state index in [0.717, 1.165) is 31.6 Å². The Morgan fingerprint density at radius 2 is 1.77 bits per heavy atom. The highest BCUT2D eigenvalue weighted by atomic mass is 16.5. The number of anilines is 1. The molecule has 0 unspecified atom stereocenters. The maximum atomic E-state index is 12.3. The molecule has 3 aromatic rings. The van der Waals surface area contributed by atoms with Crippen LogP contribution in [0, 0.1) is 6.92 Å². The first-order valence-electron chi connectivity index (χ1n) is 10.9. The Morgan fingerprint density at radius 1 is 1.10 bits per heavy atom. The fraction of sp³-hybridized carbons (Fsp3) is 0.360. The van der Waals surface area contributed by atoms with E-state index in [9.17, 15) is 4.79 Å². The van der Waals surface area contributed by atoms with Crippen molar-refractivity contribution in [3.05, 3.63) is 71.6 Å². The highest BCUT2D eigenvalue weighted by Crippen LogP contribution is 2.44. The molecule has 0 bridgehead atoms. The maximum absolute atomic E-state index is 12.3. The summed E-state index contributed by atoms with van der Waals surface area (Å²) >= 11 is 0. The van der Waals surface area contributed by atoms with Gasteiger partial charge in [0.05, 0.1) is 6.20 Å². The topological polar surface area (TPSA) is 76.4 Å². The Labute approximate surface area is 183 Å². The number of carbonyl (C=O) groups is 1. The zero-order valence-electron chi connectivity index (χ0n) is 18.1. The summed E-state index contributed by atoms with van der Waals surface area (Å²) in [5.74, 6) is 0.877. The summed E-state index contributed by atoms with van der Waals surface area (Å²) in [5.41, 5.74) is 4.90. The molecule has 1 aliphatic rings. The molecule has 162 valence electrons. The van der Waals surface area contributed by atoms with Crippen molar-refractivity contribution in [2.45, 2.75) is 45.1 Å². The van der Waals surface area contributed by atoms with Crippen molar-refractivity contribution in [2.24, 2.45) is 0 Å². The second-order valence-electron chi connectivity index (χ2n) is 8.07. The van der Waals surface area contributed by atoms with Gasteiger partial charge in [-0.3, -0.25) is 0 Å². The molecule has 6 nitrogen and oxygen atoms in total. The van der Waals surface area contributed by atoms with E-state index in [4.69, 9.17) is 9.15 Å². The van der Waals surface area contributed by atoms with Crippen molar-refractivity contribution in [2.75, 3.05) is 18.5 Å². The van der Waals surface area contributed by atoms with Crippen molar-refractivity contribution in [1.29, 1.82) is 0 Å². The van der Waals surface area contributed by atoms with Gasteiger partial charge in [-0.25, -0.2) is 9.78 Å². The summed E-state index contributed by atoms with van der Waals surface area (Å²) in [6.45, 7) is 5.00. The second-order valence-corrected chi connectivity index (χ2v) is 8.07. The number of nitrogens with zero attached hydrogens (tertiary/aromatic N) is 1. The monoisotopic (exact) mass is 419 g/mol. The molecule has 0 spiro atoms. The van der Waals surface area contributed by atoms with Crippen molar-refractivity contribution >= 4 is 12.1 Å². The molecule has 1 heterocycles. The van der Waals surface area contributed by atoms with Gasteiger partial charge in [-0.15, -0.1) is 0 Å². The maximum Gasteiger partial charge on any atom is 0.407 e. The average Bonchev–Trinajstić information content (AvgIpc) is 3.33. The minimum absolute atomic E-state index is 0.0552. The third kappa shape index (κ3) is 5.08. The Balaban J connectivity index is 1.20. The van der Waals surface area contributed by atoms with Crippen LogP contribution < -0.4 is 10.6 Å². The summed E-state index contributed by atoms with van der Waals surface area (Å²) in [7, 11) is 0. The summed E-state index contributed by atoms with van der Waals surface area (Å²) in [5, 5.41) is 6.11. The molecule has 1 amide bonds. The summed E-state index contributed by atoms with van der Waals surface area (Å²) < 4.78 is 11.0. The van der Waals surface area contributed by atoms with Crippen molar-refractivity contribution in [3.63, 3.8) is 0 Å². The highest BCUT2D eigenvalue weighted by Gasteiger charge is 2.29. The number of benzene rings is 2. The third-order valence-electron chi connectivity index (χ3n) is 5.67. The van der Waals surface area contributed by atoms with E-state index >= 15 is 0 Å². The van der Waals surface area contributed by atoms with E-state index in [-0.39, 0.29) is 18.1 Å². The number of fused-ring (bicyclic) bond motifs is 3. The van der Waals surface area contributed by atoms with Crippen molar-refractivity contribution < 1.29 is 13.9 Å². The van der Waals surface area contributed by atoms with Gasteiger partial charge in [0.1, 0.15) is 12.4 Å². The predicted octanol–water partition coefficient (Wildman–Crippen LogP) is 5.49. The van der Waals surface area contributed by atoms with Crippen LogP contribution in [0.15, 0.2) is 59.1 Å². The first-order valence-corrected chi connectivity index (χ1v) is 10.9. The molecule has 2 N–H and O–H groups in total. The van der Waals surface area contributed by atoms with Crippen LogP contribution in [-0.4, -0.2) is 30.3 Å². The first-order chi connectivity index (χ1) is 15.1. The van der Waals surface area contributed by atoms with E-state index in [0.29, 0.717) is 12.6 Å². The fourth-order valence-corrected chi connectivity index (χ4v) is 4.12. The van der Waals surface area contributed by atoms with Gasteiger partial charge >= 0.3 is 6.09 Å². The van der Waals surface area contributed by atoms with Crippen LogP contribution in [-0.2, 0) is 4.74 Å². The summed E-state index contributed by atoms with van der Waals surface area (Å²) in [4.78, 5) is 16.5. The SMILES string of the molecule is Cc1cnc(NCCCC[C@H](C)NC(=O)OCC2c3ccccc3-c3ccccc32)o1. The molecule has 0 fully saturated rings. The van der Waals surface area contributed by atoms with E-state index < -0.39 is 0 Å². The number of rotatable bonds is 9. The van der Waals surface area contributed by atoms with Crippen LogP contribution in [0.2, 0.25) is 0 Å². The van der Waals surface area contributed by atoms with E-state index in [2.05, 4.69) is 52.0 Å². The third-order valence-corrected chi connectivity index (χ3v) is 5.67. The van der Waals surface area contributed by atoms with Gasteiger partial charge in [0, 0.05) is 18.5 Å². The molecule has 1 aromatic heterocycles.